The molecule has 1 saturated heterocycles. The van der Waals surface area contributed by atoms with Gasteiger partial charge in [0.2, 0.25) is 0 Å². The van der Waals surface area contributed by atoms with E-state index in [-0.39, 0.29) is 0 Å². The minimum atomic E-state index is 0.669. The molecule has 3 heteroatoms. The van der Waals surface area contributed by atoms with Crippen LogP contribution in [0.15, 0.2) is 18.2 Å². The SMILES string of the molecule is Cc1cc(N[C@@H]2CC[C@@H](C)C2)cc(N2CCN(C)CC2)c1. The largest absolute Gasteiger partial charge is 0.382 e. The van der Waals surface area contributed by atoms with Crippen molar-refractivity contribution in [2.24, 2.45) is 5.92 Å². The topological polar surface area (TPSA) is 18.5 Å². The minimum absolute atomic E-state index is 0.669. The number of hydrogen-bond acceptors (Lipinski definition) is 3. The van der Waals surface area contributed by atoms with E-state index in [0.29, 0.717) is 6.04 Å². The van der Waals surface area contributed by atoms with Gasteiger partial charge >= 0.3 is 0 Å². The molecule has 0 aromatic heterocycles. The highest BCUT2D eigenvalue weighted by Gasteiger charge is 2.21. The predicted octanol–water partition coefficient (Wildman–Crippen LogP) is 3.35. The molecule has 21 heavy (non-hydrogen) atoms. The summed E-state index contributed by atoms with van der Waals surface area (Å²) < 4.78 is 0. The summed E-state index contributed by atoms with van der Waals surface area (Å²) in [5, 5.41) is 3.76. The molecule has 2 atom stereocenters. The third kappa shape index (κ3) is 3.70. The van der Waals surface area contributed by atoms with Crippen molar-refractivity contribution < 1.29 is 0 Å². The first-order valence-corrected chi connectivity index (χ1v) is 8.42. The van der Waals surface area contributed by atoms with Crippen LogP contribution in [-0.2, 0) is 0 Å². The second kappa shape index (κ2) is 6.27. The Morgan fingerprint density at radius 2 is 1.81 bits per heavy atom. The molecular weight excluding hydrogens is 258 g/mol. The van der Waals surface area contributed by atoms with E-state index in [2.05, 4.69) is 54.2 Å². The van der Waals surface area contributed by atoms with Crippen molar-refractivity contribution in [3.8, 4) is 0 Å². The summed E-state index contributed by atoms with van der Waals surface area (Å²) in [6.07, 6.45) is 4.01. The fraction of sp³-hybridized carbons (Fsp3) is 0.667. The lowest BCUT2D eigenvalue weighted by molar-refractivity contribution is 0.313. The summed E-state index contributed by atoms with van der Waals surface area (Å²) in [5.74, 6) is 0.879. The molecule has 0 radical (unpaired) electrons. The maximum absolute atomic E-state index is 3.76. The Morgan fingerprint density at radius 1 is 1.05 bits per heavy atom. The van der Waals surface area contributed by atoms with Gasteiger partial charge in [0.1, 0.15) is 0 Å². The third-order valence-corrected chi connectivity index (χ3v) is 5.00. The molecule has 0 bridgehead atoms. The third-order valence-electron chi connectivity index (χ3n) is 5.00. The number of piperazine rings is 1. The van der Waals surface area contributed by atoms with Gasteiger partial charge in [0, 0.05) is 43.6 Å². The van der Waals surface area contributed by atoms with Crippen LogP contribution < -0.4 is 10.2 Å². The fourth-order valence-corrected chi connectivity index (χ4v) is 3.67. The number of hydrogen-bond donors (Lipinski definition) is 1. The Kier molecular flexibility index (Phi) is 4.39. The van der Waals surface area contributed by atoms with E-state index < -0.39 is 0 Å². The molecule has 0 unspecified atom stereocenters. The number of nitrogens with one attached hydrogen (secondary N) is 1. The molecule has 1 N–H and O–H groups in total. The Balaban J connectivity index is 1.70. The molecule has 0 amide bonds. The van der Waals surface area contributed by atoms with Crippen LogP contribution in [0.3, 0.4) is 0 Å². The molecule has 1 aromatic rings. The summed E-state index contributed by atoms with van der Waals surface area (Å²) in [4.78, 5) is 4.93. The summed E-state index contributed by atoms with van der Waals surface area (Å²) in [5.41, 5.74) is 4.06. The number of aryl methyl sites for hydroxylation is 1. The van der Waals surface area contributed by atoms with E-state index in [4.69, 9.17) is 0 Å². The second-order valence-electron chi connectivity index (χ2n) is 7.11. The number of rotatable bonds is 3. The van der Waals surface area contributed by atoms with Gasteiger partial charge in [0.15, 0.2) is 0 Å². The van der Waals surface area contributed by atoms with E-state index in [0.717, 1.165) is 32.1 Å². The number of likely N-dealkylation sites (N-methyl/N-ethyl adjacent to an activating group) is 1. The van der Waals surface area contributed by atoms with Gasteiger partial charge in [0.05, 0.1) is 0 Å². The molecule has 2 aliphatic rings. The van der Waals surface area contributed by atoms with Crippen LogP contribution in [0.2, 0.25) is 0 Å². The molecule has 1 aliphatic carbocycles. The zero-order valence-corrected chi connectivity index (χ0v) is 13.7. The van der Waals surface area contributed by atoms with Crippen LogP contribution in [0.25, 0.3) is 0 Å². The number of anilines is 2. The monoisotopic (exact) mass is 287 g/mol. The smallest absolute Gasteiger partial charge is 0.0390 e. The van der Waals surface area contributed by atoms with Crippen LogP contribution in [0.1, 0.15) is 31.7 Å². The molecule has 0 spiro atoms. The summed E-state index contributed by atoms with van der Waals surface area (Å²) in [6.45, 7) is 9.18. The molecular formula is C18H29N3. The van der Waals surface area contributed by atoms with Crippen LogP contribution in [0.5, 0.6) is 0 Å². The van der Waals surface area contributed by atoms with Crippen molar-refractivity contribution in [3.05, 3.63) is 23.8 Å². The fourth-order valence-electron chi connectivity index (χ4n) is 3.67. The van der Waals surface area contributed by atoms with E-state index >= 15 is 0 Å². The van der Waals surface area contributed by atoms with Crippen molar-refractivity contribution in [2.75, 3.05) is 43.4 Å². The van der Waals surface area contributed by atoms with Gasteiger partial charge in [-0.15, -0.1) is 0 Å². The Morgan fingerprint density at radius 3 is 2.48 bits per heavy atom. The Labute approximate surface area is 129 Å². The lowest BCUT2D eigenvalue weighted by Crippen LogP contribution is -2.44. The molecule has 1 saturated carbocycles. The van der Waals surface area contributed by atoms with Gasteiger partial charge in [-0.25, -0.2) is 0 Å². The van der Waals surface area contributed by atoms with E-state index in [9.17, 15) is 0 Å². The summed E-state index contributed by atoms with van der Waals surface area (Å²) in [7, 11) is 2.21. The summed E-state index contributed by atoms with van der Waals surface area (Å²) >= 11 is 0. The number of benzene rings is 1. The standard InChI is InChI=1S/C18H29N3/c1-14-4-5-16(10-14)19-17-11-15(2)12-18(13-17)21-8-6-20(3)7-9-21/h11-14,16,19H,4-10H2,1-3H3/t14-,16-/m1/s1. The van der Waals surface area contributed by atoms with E-state index in [1.807, 2.05) is 0 Å². The Hall–Kier alpha value is -1.22. The lowest BCUT2D eigenvalue weighted by atomic mass is 10.1. The van der Waals surface area contributed by atoms with Crippen molar-refractivity contribution in [1.82, 2.24) is 4.90 Å². The van der Waals surface area contributed by atoms with Gasteiger partial charge in [-0.3, -0.25) is 0 Å². The highest BCUT2D eigenvalue weighted by Crippen LogP contribution is 2.29. The molecule has 1 heterocycles. The molecule has 3 rings (SSSR count). The van der Waals surface area contributed by atoms with Gasteiger partial charge < -0.3 is 15.1 Å². The highest BCUT2D eigenvalue weighted by atomic mass is 15.2. The first kappa shape index (κ1) is 14.7. The van der Waals surface area contributed by atoms with Gasteiger partial charge in [0.25, 0.3) is 0 Å². The van der Waals surface area contributed by atoms with E-state index in [1.54, 1.807) is 0 Å². The zero-order chi connectivity index (χ0) is 14.8. The molecule has 2 fully saturated rings. The lowest BCUT2D eigenvalue weighted by Gasteiger charge is -2.34. The normalized spacial score (nSPS) is 27.1. The average molecular weight is 287 g/mol. The minimum Gasteiger partial charge on any atom is -0.382 e. The first-order valence-electron chi connectivity index (χ1n) is 8.42. The second-order valence-corrected chi connectivity index (χ2v) is 7.11. The maximum Gasteiger partial charge on any atom is 0.0390 e. The van der Waals surface area contributed by atoms with Crippen molar-refractivity contribution >= 4 is 11.4 Å². The van der Waals surface area contributed by atoms with Crippen molar-refractivity contribution in [1.29, 1.82) is 0 Å². The quantitative estimate of drug-likeness (QED) is 0.920. The van der Waals surface area contributed by atoms with Gasteiger partial charge in [-0.2, -0.15) is 0 Å². The van der Waals surface area contributed by atoms with Gasteiger partial charge in [-0.05, 0) is 62.9 Å². The van der Waals surface area contributed by atoms with Gasteiger partial charge in [-0.1, -0.05) is 6.92 Å². The van der Waals surface area contributed by atoms with Crippen LogP contribution in [-0.4, -0.2) is 44.2 Å². The van der Waals surface area contributed by atoms with Crippen molar-refractivity contribution in [2.45, 2.75) is 39.2 Å². The summed E-state index contributed by atoms with van der Waals surface area (Å²) in [6, 6.07) is 7.64. The van der Waals surface area contributed by atoms with Crippen LogP contribution in [0.4, 0.5) is 11.4 Å². The number of nitrogens with zero attached hydrogens (tertiary/aromatic N) is 2. The highest BCUT2D eigenvalue weighted by molar-refractivity contribution is 5.61. The van der Waals surface area contributed by atoms with Crippen LogP contribution >= 0.6 is 0 Å². The maximum atomic E-state index is 3.76. The van der Waals surface area contributed by atoms with E-state index in [1.165, 1.54) is 36.2 Å². The first-order chi connectivity index (χ1) is 10.1. The molecule has 1 aliphatic heterocycles. The molecule has 3 nitrogen and oxygen atoms in total. The van der Waals surface area contributed by atoms with Crippen molar-refractivity contribution in [3.63, 3.8) is 0 Å². The molecule has 1 aromatic carbocycles. The zero-order valence-electron chi connectivity index (χ0n) is 13.7. The average Bonchev–Trinajstić information content (AvgIpc) is 2.84. The Bertz CT molecular complexity index is 477. The molecule has 116 valence electrons. The van der Waals surface area contributed by atoms with Crippen LogP contribution in [0, 0.1) is 12.8 Å². The predicted molar refractivity (Wildman–Crippen MR) is 91.3 cm³/mol.